The first-order valence-corrected chi connectivity index (χ1v) is 8.56. The molecule has 0 aromatic heterocycles. The number of ether oxygens (including phenoxy) is 2. The summed E-state index contributed by atoms with van der Waals surface area (Å²) in [6, 6.07) is 9.44. The summed E-state index contributed by atoms with van der Waals surface area (Å²) in [4.78, 5) is 12.0. The van der Waals surface area contributed by atoms with Gasteiger partial charge in [0.15, 0.2) is 0 Å². The normalized spacial score (nSPS) is 14.0. The van der Waals surface area contributed by atoms with Gasteiger partial charge >= 0.3 is 5.97 Å². The summed E-state index contributed by atoms with van der Waals surface area (Å²) in [5, 5.41) is 0. The molecule has 2 N–H and O–H groups in total. The van der Waals surface area contributed by atoms with E-state index in [1.54, 1.807) is 6.08 Å². The molecule has 0 aliphatic heterocycles. The lowest BCUT2D eigenvalue weighted by Crippen LogP contribution is -2.42. The van der Waals surface area contributed by atoms with Crippen molar-refractivity contribution >= 4 is 5.97 Å². The van der Waals surface area contributed by atoms with Crippen LogP contribution < -0.4 is 5.73 Å². The zero-order valence-corrected chi connectivity index (χ0v) is 15.2. The fourth-order valence-electron chi connectivity index (χ4n) is 2.34. The first-order chi connectivity index (χ1) is 11.3. The molecule has 0 saturated heterocycles. The first kappa shape index (κ1) is 20.4. The van der Waals surface area contributed by atoms with Crippen molar-refractivity contribution in [1.29, 1.82) is 0 Å². The number of unbranched alkanes of at least 4 members (excludes halogenated alkanes) is 1. The second-order valence-electron chi connectivity index (χ2n) is 6.99. The molecule has 4 heteroatoms. The molecule has 0 spiro atoms. The van der Waals surface area contributed by atoms with Gasteiger partial charge in [-0.15, -0.1) is 6.58 Å². The van der Waals surface area contributed by atoms with Crippen molar-refractivity contribution in [3.05, 3.63) is 48.6 Å². The largest absolute Gasteiger partial charge is 0.459 e. The van der Waals surface area contributed by atoms with Crippen molar-refractivity contribution in [2.24, 2.45) is 11.7 Å². The maximum atomic E-state index is 12.0. The third-order valence-electron chi connectivity index (χ3n) is 3.63. The smallest absolute Gasteiger partial charge is 0.324 e. The van der Waals surface area contributed by atoms with Crippen molar-refractivity contribution in [2.75, 3.05) is 6.61 Å². The van der Waals surface area contributed by atoms with E-state index in [4.69, 9.17) is 15.2 Å². The number of rotatable bonds is 10. The van der Waals surface area contributed by atoms with Crippen LogP contribution in [0.2, 0.25) is 0 Å². The van der Waals surface area contributed by atoms with Gasteiger partial charge in [-0.25, -0.2) is 0 Å². The molecule has 134 valence electrons. The molecule has 4 nitrogen and oxygen atoms in total. The molecule has 1 aromatic rings. The highest BCUT2D eigenvalue weighted by molar-refractivity contribution is 5.76. The van der Waals surface area contributed by atoms with Crippen LogP contribution in [0.1, 0.15) is 45.6 Å². The lowest BCUT2D eigenvalue weighted by Gasteiger charge is -2.25. The first-order valence-electron chi connectivity index (χ1n) is 8.56. The summed E-state index contributed by atoms with van der Waals surface area (Å²) in [5.74, 6) is -0.443. The standard InChI is InChI=1S/C20H31NO3/c1-5-17(18(21)19(22)24-20(2,3)4)13-9-10-14-23-15-16-11-7-6-8-12-16/h5-8,11-12,17-18H,1,9-10,13-15,21H2,2-4H3/t17-,18+/m1/s1. The summed E-state index contributed by atoms with van der Waals surface area (Å²) < 4.78 is 11.0. The highest BCUT2D eigenvalue weighted by Crippen LogP contribution is 2.17. The van der Waals surface area contributed by atoms with Crippen LogP contribution in [-0.2, 0) is 20.9 Å². The van der Waals surface area contributed by atoms with Crippen LogP contribution in [0.25, 0.3) is 0 Å². The highest BCUT2D eigenvalue weighted by Gasteiger charge is 2.27. The molecule has 0 amide bonds. The quantitative estimate of drug-likeness (QED) is 0.401. The van der Waals surface area contributed by atoms with E-state index in [0.717, 1.165) is 19.3 Å². The second kappa shape index (κ2) is 10.3. The van der Waals surface area contributed by atoms with Crippen molar-refractivity contribution in [2.45, 2.75) is 58.3 Å². The van der Waals surface area contributed by atoms with E-state index in [2.05, 4.69) is 6.58 Å². The average Bonchev–Trinajstić information content (AvgIpc) is 2.53. The Hall–Kier alpha value is -1.65. The lowest BCUT2D eigenvalue weighted by molar-refractivity contribution is -0.157. The van der Waals surface area contributed by atoms with Gasteiger partial charge in [-0.1, -0.05) is 42.8 Å². The van der Waals surface area contributed by atoms with Crippen LogP contribution in [0.15, 0.2) is 43.0 Å². The summed E-state index contributed by atoms with van der Waals surface area (Å²) in [6.45, 7) is 10.6. The van der Waals surface area contributed by atoms with Gasteiger partial charge in [-0.05, 0) is 39.2 Å². The van der Waals surface area contributed by atoms with E-state index >= 15 is 0 Å². The van der Waals surface area contributed by atoms with Gasteiger partial charge in [0.05, 0.1) is 6.61 Å². The van der Waals surface area contributed by atoms with Crippen molar-refractivity contribution < 1.29 is 14.3 Å². The van der Waals surface area contributed by atoms with Crippen molar-refractivity contribution in [3.8, 4) is 0 Å². The number of carbonyl (C=O) groups is 1. The molecule has 0 heterocycles. The molecule has 0 bridgehead atoms. The topological polar surface area (TPSA) is 61.5 Å². The van der Waals surface area contributed by atoms with Crippen molar-refractivity contribution in [1.82, 2.24) is 0 Å². The number of nitrogens with two attached hydrogens (primary N) is 1. The van der Waals surface area contributed by atoms with E-state index in [-0.39, 0.29) is 11.9 Å². The zero-order valence-electron chi connectivity index (χ0n) is 15.2. The molecule has 24 heavy (non-hydrogen) atoms. The average molecular weight is 333 g/mol. The van der Waals surface area contributed by atoms with Gasteiger partial charge in [0.2, 0.25) is 0 Å². The fourth-order valence-corrected chi connectivity index (χ4v) is 2.34. The molecule has 1 aromatic carbocycles. The van der Waals surface area contributed by atoms with Gasteiger partial charge < -0.3 is 15.2 Å². The highest BCUT2D eigenvalue weighted by atomic mass is 16.6. The van der Waals surface area contributed by atoms with Crippen LogP contribution in [0.4, 0.5) is 0 Å². The van der Waals surface area contributed by atoms with Gasteiger partial charge in [0.25, 0.3) is 0 Å². The summed E-state index contributed by atoms with van der Waals surface area (Å²) in [6.07, 6.45) is 4.41. The number of hydrogen-bond donors (Lipinski definition) is 1. The third-order valence-corrected chi connectivity index (χ3v) is 3.63. The van der Waals surface area contributed by atoms with E-state index in [1.165, 1.54) is 5.56 Å². The predicted molar refractivity (Wildman–Crippen MR) is 97.5 cm³/mol. The minimum Gasteiger partial charge on any atom is -0.459 e. The third kappa shape index (κ3) is 8.27. The maximum absolute atomic E-state index is 12.0. The lowest BCUT2D eigenvalue weighted by atomic mass is 9.94. The summed E-state index contributed by atoms with van der Waals surface area (Å²) >= 11 is 0. The fraction of sp³-hybridized carbons (Fsp3) is 0.550. The Morgan fingerprint density at radius 2 is 1.92 bits per heavy atom. The van der Waals surface area contributed by atoms with Crippen LogP contribution >= 0.6 is 0 Å². The van der Waals surface area contributed by atoms with Gasteiger partial charge in [-0.3, -0.25) is 4.79 Å². The van der Waals surface area contributed by atoms with Crippen LogP contribution in [0.3, 0.4) is 0 Å². The Bertz CT molecular complexity index is 493. The monoisotopic (exact) mass is 333 g/mol. The second-order valence-corrected chi connectivity index (χ2v) is 6.99. The minimum atomic E-state index is -0.660. The van der Waals surface area contributed by atoms with Crippen LogP contribution in [0.5, 0.6) is 0 Å². The Morgan fingerprint density at radius 3 is 2.50 bits per heavy atom. The van der Waals surface area contributed by atoms with Crippen LogP contribution in [0, 0.1) is 5.92 Å². The number of carbonyl (C=O) groups excluding carboxylic acids is 1. The molecule has 2 atom stereocenters. The van der Waals surface area contributed by atoms with Crippen LogP contribution in [-0.4, -0.2) is 24.2 Å². The predicted octanol–water partition coefficient (Wildman–Crippen LogP) is 3.84. The Morgan fingerprint density at radius 1 is 1.25 bits per heavy atom. The van der Waals surface area contributed by atoms with Crippen molar-refractivity contribution in [3.63, 3.8) is 0 Å². The number of benzene rings is 1. The van der Waals surface area contributed by atoms with E-state index in [0.29, 0.717) is 13.2 Å². The molecule has 0 saturated carbocycles. The molecule has 0 radical (unpaired) electrons. The van der Waals surface area contributed by atoms with Gasteiger partial charge in [0, 0.05) is 12.5 Å². The molecule has 0 fully saturated rings. The molecule has 0 aliphatic rings. The SMILES string of the molecule is C=C[C@H](CCCCOCc1ccccc1)[C@H](N)C(=O)OC(C)(C)C. The van der Waals surface area contributed by atoms with E-state index < -0.39 is 11.6 Å². The Kier molecular flexibility index (Phi) is 8.72. The van der Waals surface area contributed by atoms with E-state index in [9.17, 15) is 4.79 Å². The summed E-state index contributed by atoms with van der Waals surface area (Å²) in [5.41, 5.74) is 6.67. The van der Waals surface area contributed by atoms with Gasteiger partial charge in [0.1, 0.15) is 11.6 Å². The maximum Gasteiger partial charge on any atom is 0.324 e. The van der Waals surface area contributed by atoms with E-state index in [1.807, 2.05) is 51.1 Å². The zero-order chi connectivity index (χ0) is 18.0. The molecule has 0 unspecified atom stereocenters. The number of hydrogen-bond acceptors (Lipinski definition) is 4. The number of esters is 1. The molecular weight excluding hydrogens is 302 g/mol. The molecule has 0 aliphatic carbocycles. The Balaban J connectivity index is 2.23. The van der Waals surface area contributed by atoms with Gasteiger partial charge in [-0.2, -0.15) is 0 Å². The minimum absolute atomic E-state index is 0.0750. The Labute approximate surface area is 146 Å². The summed E-state index contributed by atoms with van der Waals surface area (Å²) in [7, 11) is 0. The molecular formula is C20H31NO3. The molecule has 1 rings (SSSR count).